The van der Waals surface area contributed by atoms with Crippen molar-refractivity contribution in [2.24, 2.45) is 5.92 Å². The van der Waals surface area contributed by atoms with Crippen LogP contribution in [0.15, 0.2) is 18.2 Å². The van der Waals surface area contributed by atoms with Crippen molar-refractivity contribution in [3.63, 3.8) is 0 Å². The highest BCUT2D eigenvalue weighted by Gasteiger charge is 2.11. The Hall–Kier alpha value is -1.56. The van der Waals surface area contributed by atoms with E-state index in [-0.39, 0.29) is 11.7 Å². The van der Waals surface area contributed by atoms with E-state index in [0.29, 0.717) is 12.2 Å². The van der Waals surface area contributed by atoms with Crippen molar-refractivity contribution in [2.75, 3.05) is 7.11 Å². The van der Waals surface area contributed by atoms with Gasteiger partial charge in [-0.3, -0.25) is 0 Å². The summed E-state index contributed by atoms with van der Waals surface area (Å²) in [6.07, 6.45) is 1.30. The third-order valence-corrected chi connectivity index (χ3v) is 2.38. The van der Waals surface area contributed by atoms with E-state index in [9.17, 15) is 4.39 Å². The highest BCUT2D eigenvalue weighted by Crippen LogP contribution is 2.23. The summed E-state index contributed by atoms with van der Waals surface area (Å²) in [5.74, 6) is 0.268. The first kappa shape index (κ1) is 11.5. The van der Waals surface area contributed by atoms with Gasteiger partial charge in [-0.25, -0.2) is 4.39 Å². The molecule has 0 radical (unpaired) electrons. The lowest BCUT2D eigenvalue weighted by Gasteiger charge is -2.10. The van der Waals surface area contributed by atoms with E-state index in [1.54, 1.807) is 13.2 Å². The van der Waals surface area contributed by atoms with Gasteiger partial charge in [0, 0.05) is 0 Å². The molecule has 0 aliphatic rings. The monoisotopic (exact) mass is 207 g/mol. The molecule has 0 aliphatic carbocycles. The Labute approximate surface area is 89.3 Å². The Morgan fingerprint density at radius 1 is 1.53 bits per heavy atom. The van der Waals surface area contributed by atoms with Gasteiger partial charge in [-0.1, -0.05) is 6.92 Å². The molecule has 1 atom stereocenters. The third-order valence-electron chi connectivity index (χ3n) is 2.38. The van der Waals surface area contributed by atoms with Crippen LogP contribution in [0.1, 0.15) is 18.9 Å². The molecule has 0 aromatic heterocycles. The maximum Gasteiger partial charge on any atom is 0.123 e. The molecule has 0 N–H and O–H groups in total. The molecule has 0 heterocycles. The maximum atomic E-state index is 13.0. The van der Waals surface area contributed by atoms with Crippen molar-refractivity contribution in [2.45, 2.75) is 19.8 Å². The van der Waals surface area contributed by atoms with Crippen molar-refractivity contribution in [3.05, 3.63) is 29.6 Å². The van der Waals surface area contributed by atoms with Crippen LogP contribution in [0.3, 0.4) is 0 Å². The Morgan fingerprint density at radius 2 is 2.27 bits per heavy atom. The molecule has 0 aliphatic heterocycles. The molecule has 15 heavy (non-hydrogen) atoms. The van der Waals surface area contributed by atoms with E-state index in [2.05, 4.69) is 6.07 Å². The number of hydrogen-bond donors (Lipinski definition) is 0. The smallest absolute Gasteiger partial charge is 0.123 e. The summed E-state index contributed by atoms with van der Waals surface area (Å²) >= 11 is 0. The van der Waals surface area contributed by atoms with E-state index in [0.717, 1.165) is 12.0 Å². The largest absolute Gasteiger partial charge is 0.496 e. The number of ether oxygens (including phenoxy) is 1. The van der Waals surface area contributed by atoms with Gasteiger partial charge in [0.05, 0.1) is 19.1 Å². The van der Waals surface area contributed by atoms with Gasteiger partial charge in [-0.15, -0.1) is 0 Å². The molecule has 1 rings (SSSR count). The van der Waals surface area contributed by atoms with Crippen molar-refractivity contribution in [3.8, 4) is 11.8 Å². The van der Waals surface area contributed by atoms with E-state index in [1.807, 2.05) is 6.92 Å². The number of benzene rings is 1. The summed E-state index contributed by atoms with van der Waals surface area (Å²) in [5.41, 5.74) is 0.755. The molecular formula is C12H14FNO. The Morgan fingerprint density at radius 3 is 2.80 bits per heavy atom. The molecule has 0 saturated carbocycles. The lowest BCUT2D eigenvalue weighted by molar-refractivity contribution is 0.405. The molecule has 1 aromatic rings. The Bertz CT molecular complexity index is 370. The van der Waals surface area contributed by atoms with Crippen molar-refractivity contribution < 1.29 is 9.13 Å². The Kier molecular flexibility index (Phi) is 4.11. The normalized spacial score (nSPS) is 11.9. The Balaban J connectivity index is 2.92. The van der Waals surface area contributed by atoms with E-state index >= 15 is 0 Å². The second-order valence-electron chi connectivity index (χ2n) is 3.39. The summed E-state index contributed by atoms with van der Waals surface area (Å²) in [7, 11) is 1.55. The van der Waals surface area contributed by atoms with Crippen LogP contribution in [0.2, 0.25) is 0 Å². The molecule has 0 amide bonds. The highest BCUT2D eigenvalue weighted by molar-refractivity contribution is 5.34. The number of nitrogens with zero attached hydrogens (tertiary/aromatic N) is 1. The number of methoxy groups -OCH3 is 1. The summed E-state index contributed by atoms with van der Waals surface area (Å²) in [6, 6.07) is 6.57. The first-order chi connectivity index (χ1) is 7.21. The average Bonchev–Trinajstić information content (AvgIpc) is 2.26. The molecule has 2 nitrogen and oxygen atoms in total. The van der Waals surface area contributed by atoms with Crippen molar-refractivity contribution >= 4 is 0 Å². The molecule has 1 unspecified atom stereocenters. The number of nitriles is 1. The highest BCUT2D eigenvalue weighted by atomic mass is 19.1. The minimum Gasteiger partial charge on any atom is -0.496 e. The standard InChI is InChI=1S/C12H14FNO/c1-3-9(8-14)6-10-7-11(13)4-5-12(10)15-2/h4-5,7,9H,3,6H2,1-2H3. The zero-order valence-electron chi connectivity index (χ0n) is 8.96. The molecule has 1 aromatic carbocycles. The minimum absolute atomic E-state index is 0.0827. The summed E-state index contributed by atoms with van der Waals surface area (Å²) in [4.78, 5) is 0. The van der Waals surface area contributed by atoms with E-state index in [4.69, 9.17) is 10.00 Å². The van der Waals surface area contributed by atoms with Gasteiger partial charge in [0.2, 0.25) is 0 Å². The van der Waals surface area contributed by atoms with E-state index < -0.39 is 0 Å². The van der Waals surface area contributed by atoms with E-state index in [1.165, 1.54) is 12.1 Å². The first-order valence-electron chi connectivity index (χ1n) is 4.93. The van der Waals surface area contributed by atoms with Crippen LogP contribution in [0.4, 0.5) is 4.39 Å². The summed E-state index contributed by atoms with van der Waals surface area (Å²) in [5, 5.41) is 8.84. The van der Waals surface area contributed by atoms with Gasteiger partial charge in [0.25, 0.3) is 0 Å². The van der Waals surface area contributed by atoms with Crippen LogP contribution in [0.25, 0.3) is 0 Å². The van der Waals surface area contributed by atoms with Crippen LogP contribution in [-0.4, -0.2) is 7.11 Å². The second-order valence-corrected chi connectivity index (χ2v) is 3.39. The van der Waals surface area contributed by atoms with Crippen LogP contribution in [-0.2, 0) is 6.42 Å². The van der Waals surface area contributed by atoms with Crippen LogP contribution in [0, 0.1) is 23.1 Å². The molecular weight excluding hydrogens is 193 g/mol. The predicted octanol–water partition coefficient (Wildman–Crippen LogP) is 2.93. The second kappa shape index (κ2) is 5.35. The van der Waals surface area contributed by atoms with Crippen molar-refractivity contribution in [1.82, 2.24) is 0 Å². The van der Waals surface area contributed by atoms with Gasteiger partial charge in [0.1, 0.15) is 11.6 Å². The lowest BCUT2D eigenvalue weighted by atomic mass is 9.97. The summed E-state index contributed by atoms with van der Waals surface area (Å²) in [6.45, 7) is 1.94. The number of hydrogen-bond acceptors (Lipinski definition) is 2. The summed E-state index contributed by atoms with van der Waals surface area (Å²) < 4.78 is 18.1. The van der Waals surface area contributed by atoms with Crippen LogP contribution < -0.4 is 4.74 Å². The fourth-order valence-electron chi connectivity index (χ4n) is 1.45. The molecule has 80 valence electrons. The zero-order valence-corrected chi connectivity index (χ0v) is 8.96. The lowest BCUT2D eigenvalue weighted by Crippen LogP contribution is -2.02. The predicted molar refractivity (Wildman–Crippen MR) is 56.1 cm³/mol. The fourth-order valence-corrected chi connectivity index (χ4v) is 1.45. The van der Waals surface area contributed by atoms with Gasteiger partial charge < -0.3 is 4.74 Å². The van der Waals surface area contributed by atoms with Crippen LogP contribution >= 0.6 is 0 Å². The zero-order chi connectivity index (χ0) is 11.3. The number of halogens is 1. The first-order valence-corrected chi connectivity index (χ1v) is 4.93. The molecule has 0 fully saturated rings. The van der Waals surface area contributed by atoms with Gasteiger partial charge >= 0.3 is 0 Å². The number of rotatable bonds is 4. The average molecular weight is 207 g/mol. The van der Waals surface area contributed by atoms with Gasteiger partial charge in [-0.2, -0.15) is 5.26 Å². The van der Waals surface area contributed by atoms with Gasteiger partial charge in [0.15, 0.2) is 0 Å². The molecule has 0 bridgehead atoms. The topological polar surface area (TPSA) is 33.0 Å². The molecule has 0 spiro atoms. The molecule has 3 heteroatoms. The SMILES string of the molecule is CCC(C#N)Cc1cc(F)ccc1OC. The third kappa shape index (κ3) is 2.95. The maximum absolute atomic E-state index is 13.0. The van der Waals surface area contributed by atoms with Crippen molar-refractivity contribution in [1.29, 1.82) is 5.26 Å². The van der Waals surface area contributed by atoms with Crippen LogP contribution in [0.5, 0.6) is 5.75 Å². The molecule has 0 saturated heterocycles. The fraction of sp³-hybridized carbons (Fsp3) is 0.417. The quantitative estimate of drug-likeness (QED) is 0.760. The van der Waals surface area contributed by atoms with Gasteiger partial charge in [-0.05, 0) is 36.6 Å². The minimum atomic E-state index is -0.293.